The van der Waals surface area contributed by atoms with Gasteiger partial charge in [-0.25, -0.2) is 14.8 Å². The lowest BCUT2D eigenvalue weighted by Gasteiger charge is -2.35. The van der Waals surface area contributed by atoms with Crippen LogP contribution in [0.4, 0.5) is 41.1 Å². The van der Waals surface area contributed by atoms with Crippen molar-refractivity contribution in [2.75, 3.05) is 22.2 Å². The molecule has 4 heterocycles. The van der Waals surface area contributed by atoms with Crippen molar-refractivity contribution in [3.8, 4) is 11.4 Å². The minimum Gasteiger partial charge on any atom is -0.338 e. The van der Waals surface area contributed by atoms with Crippen molar-refractivity contribution >= 4 is 40.2 Å². The molecule has 1 aliphatic rings. The van der Waals surface area contributed by atoms with Gasteiger partial charge in [-0.1, -0.05) is 12.1 Å². The molecule has 9 nitrogen and oxygen atoms in total. The molecule has 0 saturated carbocycles. The molecule has 0 spiro atoms. The van der Waals surface area contributed by atoms with Crippen LogP contribution in [-0.4, -0.2) is 38.0 Å². The summed E-state index contributed by atoms with van der Waals surface area (Å²) in [5.41, 5.74) is 5.29. The molecule has 0 radical (unpaired) electrons. The minimum atomic E-state index is -4.45. The lowest BCUT2D eigenvalue weighted by Crippen LogP contribution is -2.46. The highest BCUT2D eigenvalue weighted by Gasteiger charge is 2.32. The van der Waals surface area contributed by atoms with Crippen molar-refractivity contribution in [2.24, 2.45) is 0 Å². The fourth-order valence-electron chi connectivity index (χ4n) is 4.87. The molecule has 0 saturated heterocycles. The van der Waals surface area contributed by atoms with Crippen molar-refractivity contribution in [3.63, 3.8) is 0 Å². The second-order valence-corrected chi connectivity index (χ2v) is 10.00. The third-order valence-corrected chi connectivity index (χ3v) is 7.06. The number of aromatic amines is 1. The van der Waals surface area contributed by atoms with E-state index >= 15 is 0 Å². The smallest absolute Gasteiger partial charge is 0.338 e. The van der Waals surface area contributed by atoms with Gasteiger partial charge in [0.15, 0.2) is 0 Å². The monoisotopic (exact) mass is 558 g/mol. The summed E-state index contributed by atoms with van der Waals surface area (Å²) in [5.74, 6) is 1.24. The Morgan fingerprint density at radius 2 is 1.78 bits per heavy atom. The highest BCUT2D eigenvalue weighted by molar-refractivity contribution is 6.05. The minimum absolute atomic E-state index is 0.239. The van der Waals surface area contributed by atoms with Gasteiger partial charge < -0.3 is 10.3 Å². The average molecular weight is 559 g/mol. The SMILES string of the molecule is Cc1ccc(Nc2ncc3c(n2)N(C)C(=O)N(c2cc(-c4nc5ccc(C(F)(F)F)cc5[nH]4)ccc2C)C3)c(C)n1. The Bertz CT molecular complexity index is 1830. The maximum atomic E-state index is 13.6. The zero-order valence-electron chi connectivity index (χ0n) is 22.6. The summed E-state index contributed by atoms with van der Waals surface area (Å²) in [4.78, 5) is 37.6. The van der Waals surface area contributed by atoms with E-state index in [9.17, 15) is 18.0 Å². The third-order valence-electron chi connectivity index (χ3n) is 7.06. The van der Waals surface area contributed by atoms with Crippen LogP contribution in [0.5, 0.6) is 0 Å². The Hall–Kier alpha value is -5.00. The van der Waals surface area contributed by atoms with E-state index in [0.717, 1.165) is 40.3 Å². The van der Waals surface area contributed by atoms with E-state index in [1.807, 2.05) is 45.0 Å². The molecular weight excluding hydrogens is 533 g/mol. The quantitative estimate of drug-likeness (QED) is 0.255. The summed E-state index contributed by atoms with van der Waals surface area (Å²) in [6.07, 6.45) is -2.76. The van der Waals surface area contributed by atoms with Crippen LogP contribution in [0, 0.1) is 20.8 Å². The van der Waals surface area contributed by atoms with Crippen molar-refractivity contribution in [2.45, 2.75) is 33.5 Å². The van der Waals surface area contributed by atoms with E-state index in [-0.39, 0.29) is 18.1 Å². The molecule has 1 aliphatic heterocycles. The first-order valence-electron chi connectivity index (χ1n) is 12.8. The number of pyridine rings is 1. The Labute approximate surface area is 233 Å². The molecule has 3 aromatic heterocycles. The predicted octanol–water partition coefficient (Wildman–Crippen LogP) is 6.68. The predicted molar refractivity (Wildman–Crippen MR) is 150 cm³/mol. The number of carbonyl (C=O) groups is 1. The summed E-state index contributed by atoms with van der Waals surface area (Å²) in [7, 11) is 1.65. The van der Waals surface area contributed by atoms with E-state index in [2.05, 4.69) is 30.2 Å². The Kier molecular flexibility index (Phi) is 6.13. The van der Waals surface area contributed by atoms with Crippen LogP contribution in [0.1, 0.15) is 28.1 Å². The van der Waals surface area contributed by atoms with Crippen LogP contribution >= 0.6 is 0 Å². The molecule has 12 heteroatoms. The number of nitrogens with one attached hydrogen (secondary N) is 2. The van der Waals surface area contributed by atoms with E-state index < -0.39 is 11.7 Å². The second kappa shape index (κ2) is 9.58. The molecule has 0 aliphatic carbocycles. The largest absolute Gasteiger partial charge is 0.416 e. The fourth-order valence-corrected chi connectivity index (χ4v) is 4.87. The van der Waals surface area contributed by atoms with Gasteiger partial charge in [0.05, 0.1) is 34.5 Å². The lowest BCUT2D eigenvalue weighted by atomic mass is 10.1. The molecule has 2 amide bonds. The van der Waals surface area contributed by atoms with Gasteiger partial charge in [-0.15, -0.1) is 0 Å². The Morgan fingerprint density at radius 1 is 0.976 bits per heavy atom. The molecule has 0 bridgehead atoms. The number of alkyl halides is 3. The average Bonchev–Trinajstić information content (AvgIpc) is 3.36. The number of imidazole rings is 1. The summed E-state index contributed by atoms with van der Waals surface area (Å²) < 4.78 is 39.5. The van der Waals surface area contributed by atoms with E-state index in [1.165, 1.54) is 11.0 Å². The molecule has 5 aromatic rings. The molecular formula is C29H25F3N8O. The first-order chi connectivity index (χ1) is 19.5. The van der Waals surface area contributed by atoms with Gasteiger partial charge in [-0.3, -0.25) is 14.8 Å². The highest BCUT2D eigenvalue weighted by Crippen LogP contribution is 2.35. The number of nitrogens with zero attached hydrogens (tertiary/aromatic N) is 6. The second-order valence-electron chi connectivity index (χ2n) is 10.00. The number of aromatic nitrogens is 5. The van der Waals surface area contributed by atoms with Gasteiger partial charge in [0.2, 0.25) is 5.95 Å². The van der Waals surface area contributed by atoms with Gasteiger partial charge in [-0.05, 0) is 62.7 Å². The van der Waals surface area contributed by atoms with Gasteiger partial charge in [0, 0.05) is 35.8 Å². The van der Waals surface area contributed by atoms with Crippen molar-refractivity contribution in [3.05, 3.63) is 82.8 Å². The van der Waals surface area contributed by atoms with E-state index in [1.54, 1.807) is 24.2 Å². The molecule has 6 rings (SSSR count). The number of fused-ring (bicyclic) bond motifs is 2. The van der Waals surface area contributed by atoms with Gasteiger partial charge in [0.25, 0.3) is 0 Å². The molecule has 0 atom stereocenters. The van der Waals surface area contributed by atoms with Crippen molar-refractivity contribution in [1.29, 1.82) is 0 Å². The number of carbonyl (C=O) groups excluding carboxylic acids is 1. The van der Waals surface area contributed by atoms with Crippen LogP contribution in [0.25, 0.3) is 22.4 Å². The maximum Gasteiger partial charge on any atom is 0.416 e. The first-order valence-corrected chi connectivity index (χ1v) is 12.8. The molecule has 2 N–H and O–H groups in total. The van der Waals surface area contributed by atoms with E-state index in [4.69, 9.17) is 0 Å². The zero-order valence-corrected chi connectivity index (χ0v) is 22.6. The van der Waals surface area contributed by atoms with Gasteiger partial charge >= 0.3 is 12.2 Å². The van der Waals surface area contributed by atoms with Gasteiger partial charge in [0.1, 0.15) is 11.6 Å². The number of H-pyrrole nitrogens is 1. The number of anilines is 4. The molecule has 208 valence electrons. The number of aryl methyl sites for hydroxylation is 3. The number of amides is 2. The first kappa shape index (κ1) is 26.2. The number of hydrogen-bond donors (Lipinski definition) is 2. The van der Waals surface area contributed by atoms with Crippen molar-refractivity contribution in [1.82, 2.24) is 24.9 Å². The van der Waals surface area contributed by atoms with Crippen LogP contribution in [0.3, 0.4) is 0 Å². The van der Waals surface area contributed by atoms with E-state index in [0.29, 0.717) is 34.4 Å². The van der Waals surface area contributed by atoms with Crippen LogP contribution in [-0.2, 0) is 12.7 Å². The maximum absolute atomic E-state index is 13.6. The number of rotatable bonds is 4. The standard InChI is InChI=1S/C29H25F3N8O/c1-15-5-7-18(25-35-22-10-8-20(29(30,31)32)12-23(22)36-25)11-24(15)40-14-19-13-33-27(38-26(19)39(4)28(40)41)37-21-9-6-16(2)34-17(21)3/h5-13H,14H2,1-4H3,(H,35,36)(H,33,37,38). The van der Waals surface area contributed by atoms with Gasteiger partial charge in [-0.2, -0.15) is 18.2 Å². The molecule has 41 heavy (non-hydrogen) atoms. The number of benzene rings is 2. The lowest BCUT2D eigenvalue weighted by molar-refractivity contribution is -0.137. The number of hydrogen-bond acceptors (Lipinski definition) is 6. The summed E-state index contributed by atoms with van der Waals surface area (Å²) >= 11 is 0. The zero-order chi connectivity index (χ0) is 29.1. The third kappa shape index (κ3) is 4.81. The summed E-state index contributed by atoms with van der Waals surface area (Å²) in [6.45, 7) is 5.93. The molecule has 0 fully saturated rings. The van der Waals surface area contributed by atoms with Crippen LogP contribution < -0.4 is 15.1 Å². The topological polar surface area (TPSA) is 103 Å². The van der Waals surface area contributed by atoms with Crippen molar-refractivity contribution < 1.29 is 18.0 Å². The van der Waals surface area contributed by atoms with Crippen LogP contribution in [0.15, 0.2) is 54.7 Å². The molecule has 2 aromatic carbocycles. The summed E-state index contributed by atoms with van der Waals surface area (Å²) in [5, 5.41) is 3.18. The molecule has 0 unspecified atom stereocenters. The normalized spacial score (nSPS) is 13.6. The Balaban J connectivity index is 1.31. The Morgan fingerprint density at radius 3 is 2.54 bits per heavy atom. The van der Waals surface area contributed by atoms with Crippen LogP contribution in [0.2, 0.25) is 0 Å². The number of halogens is 3. The highest BCUT2D eigenvalue weighted by atomic mass is 19.4. The fraction of sp³-hybridized carbons (Fsp3) is 0.207. The number of urea groups is 1. The summed E-state index contributed by atoms with van der Waals surface area (Å²) in [6, 6.07) is 12.4.